The molecule has 7 heteroatoms. The van der Waals surface area contributed by atoms with E-state index in [9.17, 15) is 18.1 Å². The molecule has 0 aliphatic heterocycles. The maximum absolute atomic E-state index is 11.4. The summed E-state index contributed by atoms with van der Waals surface area (Å²) in [5, 5.41) is 18.0. The van der Waals surface area contributed by atoms with Gasteiger partial charge in [-0.1, -0.05) is 19.4 Å². The van der Waals surface area contributed by atoms with Crippen LogP contribution in [0.2, 0.25) is 0 Å². The summed E-state index contributed by atoms with van der Waals surface area (Å²) >= 11 is 0. The Bertz CT molecular complexity index is 890. The fraction of sp³-hybridized carbons (Fsp3) is 0.294. The van der Waals surface area contributed by atoms with Gasteiger partial charge in [-0.15, -0.1) is 0 Å². The quantitative estimate of drug-likeness (QED) is 0.608. The van der Waals surface area contributed by atoms with E-state index in [1.807, 2.05) is 6.92 Å². The smallest absolute Gasteiger partial charge is 0.294 e. The van der Waals surface area contributed by atoms with Gasteiger partial charge in [0.05, 0.1) is 16.3 Å². The lowest BCUT2D eigenvalue weighted by Crippen LogP contribution is -2.01. The SMILES string of the molecule is CCCc1cc(/N=N/c2cc(S(=O)(=O)O)c(C)cc2C)ccc1O. The topological polar surface area (TPSA) is 99.3 Å². The first-order valence-corrected chi connectivity index (χ1v) is 8.98. The van der Waals surface area contributed by atoms with Gasteiger partial charge in [-0.2, -0.15) is 18.6 Å². The molecule has 0 radical (unpaired) electrons. The predicted molar refractivity (Wildman–Crippen MR) is 92.0 cm³/mol. The van der Waals surface area contributed by atoms with Gasteiger partial charge in [0.1, 0.15) is 5.75 Å². The van der Waals surface area contributed by atoms with Gasteiger partial charge in [-0.3, -0.25) is 4.55 Å². The van der Waals surface area contributed by atoms with Gasteiger partial charge >= 0.3 is 0 Å². The van der Waals surface area contributed by atoms with Crippen molar-refractivity contribution in [3.05, 3.63) is 47.0 Å². The van der Waals surface area contributed by atoms with E-state index in [1.165, 1.54) is 6.07 Å². The molecule has 0 aromatic heterocycles. The number of aryl methyl sites for hydroxylation is 3. The van der Waals surface area contributed by atoms with E-state index in [0.29, 0.717) is 16.9 Å². The fourth-order valence-corrected chi connectivity index (χ4v) is 3.15. The Kier molecular flexibility index (Phi) is 5.36. The highest BCUT2D eigenvalue weighted by Gasteiger charge is 2.15. The van der Waals surface area contributed by atoms with E-state index >= 15 is 0 Å². The Balaban J connectivity index is 2.41. The molecule has 128 valence electrons. The summed E-state index contributed by atoms with van der Waals surface area (Å²) < 4.78 is 32.1. The minimum Gasteiger partial charge on any atom is -0.508 e. The van der Waals surface area contributed by atoms with Crippen LogP contribution in [0.5, 0.6) is 5.75 Å². The Morgan fingerprint density at radius 1 is 1.04 bits per heavy atom. The number of nitrogens with zero attached hydrogens (tertiary/aromatic N) is 2. The molecule has 0 saturated carbocycles. The third kappa shape index (κ3) is 4.18. The first-order chi connectivity index (χ1) is 11.2. The van der Waals surface area contributed by atoms with Gasteiger partial charge in [0.2, 0.25) is 0 Å². The molecule has 0 amide bonds. The molecular formula is C17H20N2O4S. The highest BCUT2D eigenvalue weighted by molar-refractivity contribution is 7.85. The molecule has 6 nitrogen and oxygen atoms in total. The summed E-state index contributed by atoms with van der Waals surface area (Å²) in [4.78, 5) is -0.181. The molecule has 0 bridgehead atoms. The second-order valence-electron chi connectivity index (χ2n) is 5.64. The molecule has 0 fully saturated rings. The van der Waals surface area contributed by atoms with Crippen LogP contribution in [0.15, 0.2) is 45.5 Å². The molecule has 0 heterocycles. The second-order valence-corrected chi connectivity index (χ2v) is 7.03. The fourth-order valence-electron chi connectivity index (χ4n) is 2.42. The normalized spacial score (nSPS) is 12.0. The molecule has 2 rings (SSSR count). The average Bonchev–Trinajstić information content (AvgIpc) is 2.48. The molecule has 24 heavy (non-hydrogen) atoms. The van der Waals surface area contributed by atoms with Crippen LogP contribution in [-0.2, 0) is 16.5 Å². The summed E-state index contributed by atoms with van der Waals surface area (Å²) in [6.45, 7) is 5.41. The molecule has 0 saturated heterocycles. The summed E-state index contributed by atoms with van der Waals surface area (Å²) in [6, 6.07) is 7.87. The number of rotatable bonds is 5. The van der Waals surface area contributed by atoms with Gasteiger partial charge in [-0.05, 0) is 61.2 Å². The largest absolute Gasteiger partial charge is 0.508 e. The van der Waals surface area contributed by atoms with Gasteiger partial charge in [0, 0.05) is 0 Å². The molecule has 0 atom stereocenters. The molecule has 0 unspecified atom stereocenters. The van der Waals surface area contributed by atoms with Gasteiger partial charge in [0.25, 0.3) is 10.1 Å². The van der Waals surface area contributed by atoms with Crippen molar-refractivity contribution in [1.29, 1.82) is 0 Å². The Morgan fingerprint density at radius 3 is 2.38 bits per heavy atom. The summed E-state index contributed by atoms with van der Waals surface area (Å²) in [7, 11) is -4.31. The second kappa shape index (κ2) is 7.11. The number of phenolic OH excluding ortho intramolecular Hbond substituents is 1. The molecule has 0 aliphatic carbocycles. The van der Waals surface area contributed by atoms with Crippen LogP contribution < -0.4 is 0 Å². The van der Waals surface area contributed by atoms with Crippen LogP contribution in [0.1, 0.15) is 30.0 Å². The van der Waals surface area contributed by atoms with Crippen molar-refractivity contribution in [2.45, 2.75) is 38.5 Å². The highest BCUT2D eigenvalue weighted by atomic mass is 32.2. The van der Waals surface area contributed by atoms with Crippen LogP contribution in [0.4, 0.5) is 11.4 Å². The van der Waals surface area contributed by atoms with Crippen molar-refractivity contribution < 1.29 is 18.1 Å². The number of phenols is 1. The van der Waals surface area contributed by atoms with Crippen molar-refractivity contribution in [2.24, 2.45) is 10.2 Å². The number of benzene rings is 2. The number of aromatic hydroxyl groups is 1. The van der Waals surface area contributed by atoms with E-state index in [0.717, 1.165) is 24.0 Å². The third-order valence-corrected chi connectivity index (χ3v) is 4.62. The predicted octanol–water partition coefficient (Wildman–Crippen LogP) is 4.62. The zero-order chi connectivity index (χ0) is 17.9. The molecule has 2 N–H and O–H groups in total. The monoisotopic (exact) mass is 348 g/mol. The van der Waals surface area contributed by atoms with Crippen LogP contribution in [0, 0.1) is 13.8 Å². The van der Waals surface area contributed by atoms with Crippen LogP contribution in [-0.4, -0.2) is 18.1 Å². The van der Waals surface area contributed by atoms with E-state index in [1.54, 1.807) is 38.1 Å². The molecule has 0 spiro atoms. The van der Waals surface area contributed by atoms with Crippen LogP contribution in [0.25, 0.3) is 0 Å². The van der Waals surface area contributed by atoms with Crippen molar-refractivity contribution >= 4 is 21.5 Å². The van der Waals surface area contributed by atoms with Crippen molar-refractivity contribution in [3.63, 3.8) is 0 Å². The zero-order valence-corrected chi connectivity index (χ0v) is 14.6. The lowest BCUT2D eigenvalue weighted by Gasteiger charge is -2.07. The lowest BCUT2D eigenvalue weighted by molar-refractivity contribution is 0.467. The minimum atomic E-state index is -4.31. The Morgan fingerprint density at radius 2 is 1.75 bits per heavy atom. The summed E-state index contributed by atoms with van der Waals surface area (Å²) in [5.41, 5.74) is 2.90. The van der Waals surface area contributed by atoms with Crippen molar-refractivity contribution in [2.75, 3.05) is 0 Å². The molecular weight excluding hydrogens is 328 g/mol. The Labute approximate surface area is 141 Å². The van der Waals surface area contributed by atoms with E-state index in [4.69, 9.17) is 0 Å². The number of azo groups is 1. The molecule has 2 aromatic rings. The minimum absolute atomic E-state index is 0.181. The van der Waals surface area contributed by atoms with E-state index in [-0.39, 0.29) is 10.6 Å². The third-order valence-electron chi connectivity index (χ3n) is 3.63. The van der Waals surface area contributed by atoms with Crippen molar-refractivity contribution in [3.8, 4) is 5.75 Å². The van der Waals surface area contributed by atoms with Crippen LogP contribution >= 0.6 is 0 Å². The van der Waals surface area contributed by atoms with Crippen LogP contribution in [0.3, 0.4) is 0 Å². The highest BCUT2D eigenvalue weighted by Crippen LogP contribution is 2.29. The molecule has 2 aromatic carbocycles. The summed E-state index contributed by atoms with van der Waals surface area (Å²) in [6.07, 6.45) is 1.62. The maximum Gasteiger partial charge on any atom is 0.294 e. The maximum atomic E-state index is 11.4. The summed E-state index contributed by atoms with van der Waals surface area (Å²) in [5.74, 6) is 0.218. The number of hydrogen-bond donors (Lipinski definition) is 2. The van der Waals surface area contributed by atoms with E-state index in [2.05, 4.69) is 10.2 Å². The van der Waals surface area contributed by atoms with Gasteiger partial charge in [0.15, 0.2) is 0 Å². The lowest BCUT2D eigenvalue weighted by atomic mass is 10.1. The van der Waals surface area contributed by atoms with E-state index < -0.39 is 10.1 Å². The first-order valence-electron chi connectivity index (χ1n) is 7.54. The van der Waals surface area contributed by atoms with Gasteiger partial charge in [-0.25, -0.2) is 0 Å². The van der Waals surface area contributed by atoms with Crippen molar-refractivity contribution in [1.82, 2.24) is 0 Å². The van der Waals surface area contributed by atoms with Gasteiger partial charge < -0.3 is 5.11 Å². The molecule has 0 aliphatic rings. The Hall–Kier alpha value is -2.25. The average molecular weight is 348 g/mol. The standard InChI is InChI=1S/C17H20N2O4S/c1-4-5-13-9-14(6-7-16(13)20)18-19-15-10-17(24(21,22)23)12(3)8-11(15)2/h6-10,20H,4-5H2,1-3H3,(H,21,22,23)/b19-18+. The number of hydrogen-bond acceptors (Lipinski definition) is 5. The zero-order valence-electron chi connectivity index (χ0n) is 13.8. The first kappa shape index (κ1) is 18.1.